The van der Waals surface area contributed by atoms with Crippen LogP contribution in [0, 0.1) is 5.41 Å². The van der Waals surface area contributed by atoms with Gasteiger partial charge in [-0.3, -0.25) is 0 Å². The Morgan fingerprint density at radius 1 is 0.357 bits per heavy atom. The summed E-state index contributed by atoms with van der Waals surface area (Å²) in [5.74, 6) is 0. The van der Waals surface area contributed by atoms with Crippen molar-refractivity contribution in [3.8, 4) is 55.9 Å². The molecule has 0 bridgehead atoms. The summed E-state index contributed by atoms with van der Waals surface area (Å²) in [4.78, 5) is 5.28. The smallest absolute Gasteiger partial charge is 0.0715 e. The summed E-state index contributed by atoms with van der Waals surface area (Å²) in [6.07, 6.45) is 2.01. The molecule has 2 nitrogen and oxygen atoms in total. The molecule has 0 spiro atoms. The summed E-state index contributed by atoms with van der Waals surface area (Å²) >= 11 is 0. The van der Waals surface area contributed by atoms with E-state index in [4.69, 9.17) is 10.4 Å². The van der Waals surface area contributed by atoms with Crippen molar-refractivity contribution in [2.45, 2.75) is 0 Å². The van der Waals surface area contributed by atoms with Crippen LogP contribution in [-0.2, 0) is 0 Å². The number of nitrogens with zero attached hydrogens (tertiary/aromatic N) is 1. The van der Waals surface area contributed by atoms with Gasteiger partial charge in [-0.25, -0.2) is 4.98 Å². The Kier molecular flexibility index (Phi) is 9.52. The molecule has 0 amide bonds. The van der Waals surface area contributed by atoms with Gasteiger partial charge < -0.3 is 5.41 Å². The quantitative estimate of drug-likeness (QED) is 0.149. The van der Waals surface area contributed by atoms with Crippen LogP contribution >= 0.6 is 0 Å². The van der Waals surface area contributed by atoms with E-state index < -0.39 is 0 Å². The van der Waals surface area contributed by atoms with E-state index in [1.165, 1.54) is 22.3 Å². The lowest BCUT2D eigenvalue weighted by Crippen LogP contribution is -1.98. The molecule has 0 saturated heterocycles. The molecule has 1 heterocycles. The molecule has 0 radical (unpaired) electrons. The zero-order chi connectivity index (χ0) is 37.7. The fraction of sp³-hybridized carbons (Fsp3) is 0. The Morgan fingerprint density at radius 3 is 1.34 bits per heavy atom. The molecule has 0 aliphatic heterocycles. The number of aromatic nitrogens is 1. The standard InChI is InChI=1S/C54H38N2/c55-52(44-20-11-4-12-21-44)37-51(42-18-9-3-10-19-42)49-23-13-22-43-28-33-47(34-50(43)49)48-35-53(45-29-24-40(25-30-45)38-14-5-1-6-15-38)56-54(36-48)46-31-26-41(27-32-46)39-16-7-2-8-17-39/h1-37,55H/b51-37-,55-52?. The van der Waals surface area contributed by atoms with Crippen molar-refractivity contribution in [2.24, 2.45) is 0 Å². The predicted molar refractivity (Wildman–Crippen MR) is 236 cm³/mol. The van der Waals surface area contributed by atoms with Gasteiger partial charge in [0.15, 0.2) is 0 Å². The van der Waals surface area contributed by atoms with E-state index in [1.54, 1.807) is 0 Å². The van der Waals surface area contributed by atoms with Crippen molar-refractivity contribution in [3.05, 3.63) is 241 Å². The summed E-state index contributed by atoms with van der Waals surface area (Å²) in [5, 5.41) is 11.4. The summed E-state index contributed by atoms with van der Waals surface area (Å²) in [6, 6.07) is 76.3. The van der Waals surface area contributed by atoms with E-state index in [0.717, 1.165) is 66.7 Å². The van der Waals surface area contributed by atoms with E-state index >= 15 is 0 Å². The van der Waals surface area contributed by atoms with Gasteiger partial charge in [0, 0.05) is 11.1 Å². The first-order valence-corrected chi connectivity index (χ1v) is 18.9. The maximum absolute atomic E-state index is 9.10. The number of pyridine rings is 1. The molecule has 2 heteroatoms. The average molecular weight is 715 g/mol. The number of hydrogen-bond donors (Lipinski definition) is 1. The molecule has 9 aromatic rings. The second kappa shape index (κ2) is 15.5. The topological polar surface area (TPSA) is 36.7 Å². The summed E-state index contributed by atoms with van der Waals surface area (Å²) in [7, 11) is 0. The van der Waals surface area contributed by atoms with Crippen molar-refractivity contribution in [1.82, 2.24) is 4.98 Å². The normalized spacial score (nSPS) is 11.4. The second-order valence-electron chi connectivity index (χ2n) is 14.0. The Labute approximate surface area is 328 Å². The minimum atomic E-state index is 0.470. The Hall–Kier alpha value is -7.42. The third kappa shape index (κ3) is 7.24. The summed E-state index contributed by atoms with van der Waals surface area (Å²) in [5.41, 5.74) is 15.4. The first-order chi connectivity index (χ1) is 27.7. The Bertz CT molecular complexity index is 2700. The zero-order valence-electron chi connectivity index (χ0n) is 30.8. The van der Waals surface area contributed by atoms with Gasteiger partial charge in [-0.2, -0.15) is 0 Å². The van der Waals surface area contributed by atoms with Gasteiger partial charge in [-0.15, -0.1) is 0 Å². The van der Waals surface area contributed by atoms with E-state index in [1.807, 2.05) is 54.6 Å². The van der Waals surface area contributed by atoms with Crippen LogP contribution in [0.25, 0.3) is 72.2 Å². The Morgan fingerprint density at radius 2 is 0.804 bits per heavy atom. The molecule has 0 aliphatic rings. The van der Waals surface area contributed by atoms with Gasteiger partial charge in [0.05, 0.1) is 17.1 Å². The van der Waals surface area contributed by atoms with Crippen molar-refractivity contribution < 1.29 is 0 Å². The van der Waals surface area contributed by atoms with Crippen molar-refractivity contribution in [2.75, 3.05) is 0 Å². The van der Waals surface area contributed by atoms with E-state index in [-0.39, 0.29) is 0 Å². The fourth-order valence-electron chi connectivity index (χ4n) is 7.39. The number of fused-ring (bicyclic) bond motifs is 1. The highest BCUT2D eigenvalue weighted by Gasteiger charge is 2.15. The number of rotatable bonds is 9. The molecule has 0 aliphatic carbocycles. The number of benzene rings is 8. The average Bonchev–Trinajstić information content (AvgIpc) is 3.29. The monoisotopic (exact) mass is 714 g/mol. The van der Waals surface area contributed by atoms with Crippen LogP contribution in [0.2, 0.25) is 0 Å². The lowest BCUT2D eigenvalue weighted by molar-refractivity contribution is 1.32. The lowest BCUT2D eigenvalue weighted by Gasteiger charge is -2.15. The zero-order valence-corrected chi connectivity index (χ0v) is 30.8. The van der Waals surface area contributed by atoms with Crippen LogP contribution < -0.4 is 0 Å². The van der Waals surface area contributed by atoms with Crippen LogP contribution in [0.3, 0.4) is 0 Å². The molecule has 8 aromatic carbocycles. The molecule has 0 atom stereocenters. The minimum Gasteiger partial charge on any atom is -0.300 e. The Balaban J connectivity index is 1.18. The molecule has 0 unspecified atom stereocenters. The van der Waals surface area contributed by atoms with Gasteiger partial charge in [-0.1, -0.05) is 200 Å². The third-order valence-corrected chi connectivity index (χ3v) is 10.4. The van der Waals surface area contributed by atoms with Crippen molar-refractivity contribution in [3.63, 3.8) is 0 Å². The fourth-order valence-corrected chi connectivity index (χ4v) is 7.39. The van der Waals surface area contributed by atoms with Gasteiger partial charge in [0.25, 0.3) is 0 Å². The van der Waals surface area contributed by atoms with Crippen LogP contribution in [0.5, 0.6) is 0 Å². The highest BCUT2D eigenvalue weighted by molar-refractivity contribution is 6.14. The highest BCUT2D eigenvalue weighted by Crippen LogP contribution is 2.36. The molecule has 1 N–H and O–H groups in total. The van der Waals surface area contributed by atoms with Crippen molar-refractivity contribution in [1.29, 1.82) is 5.41 Å². The largest absolute Gasteiger partial charge is 0.300 e. The molecule has 1 aromatic heterocycles. The third-order valence-electron chi connectivity index (χ3n) is 10.4. The minimum absolute atomic E-state index is 0.470. The summed E-state index contributed by atoms with van der Waals surface area (Å²) < 4.78 is 0. The van der Waals surface area contributed by atoms with Gasteiger partial charge in [-0.05, 0) is 90.7 Å². The van der Waals surface area contributed by atoms with Crippen molar-refractivity contribution >= 4 is 22.1 Å². The van der Waals surface area contributed by atoms with Crippen LogP contribution in [0.1, 0.15) is 16.7 Å². The summed E-state index contributed by atoms with van der Waals surface area (Å²) in [6.45, 7) is 0. The number of allylic oxidation sites excluding steroid dienone is 1. The first kappa shape index (κ1) is 34.4. The highest BCUT2D eigenvalue weighted by atomic mass is 14.7. The molecule has 264 valence electrons. The van der Waals surface area contributed by atoms with Gasteiger partial charge in [0.1, 0.15) is 0 Å². The van der Waals surface area contributed by atoms with Crippen LogP contribution in [-0.4, -0.2) is 10.7 Å². The maximum Gasteiger partial charge on any atom is 0.0715 e. The van der Waals surface area contributed by atoms with Gasteiger partial charge in [0.2, 0.25) is 0 Å². The number of nitrogens with one attached hydrogen (secondary N) is 1. The van der Waals surface area contributed by atoms with E-state index in [0.29, 0.717) is 5.71 Å². The maximum atomic E-state index is 9.10. The SMILES string of the molecule is N=C(/C=C(/c1ccccc1)c1cccc2ccc(-c3cc(-c4ccc(-c5ccccc5)cc4)nc(-c4ccc(-c5ccccc5)cc4)c3)cc12)c1ccccc1. The molecule has 56 heavy (non-hydrogen) atoms. The lowest BCUT2D eigenvalue weighted by atomic mass is 9.89. The number of hydrogen-bond acceptors (Lipinski definition) is 2. The predicted octanol–water partition coefficient (Wildman–Crippen LogP) is 14.1. The van der Waals surface area contributed by atoms with E-state index in [2.05, 4.69) is 170 Å². The molecular formula is C54H38N2. The first-order valence-electron chi connectivity index (χ1n) is 18.9. The molecular weight excluding hydrogens is 677 g/mol. The van der Waals surface area contributed by atoms with E-state index in [9.17, 15) is 0 Å². The van der Waals surface area contributed by atoms with Gasteiger partial charge >= 0.3 is 0 Å². The van der Waals surface area contributed by atoms with Crippen LogP contribution in [0.15, 0.2) is 224 Å². The second-order valence-corrected chi connectivity index (χ2v) is 14.0. The molecule has 0 saturated carbocycles. The molecule has 9 rings (SSSR count). The molecule has 0 fully saturated rings. The van der Waals surface area contributed by atoms with Crippen LogP contribution in [0.4, 0.5) is 0 Å².